The molecule has 0 atom stereocenters. The van der Waals surface area contributed by atoms with Crippen molar-refractivity contribution in [2.24, 2.45) is 0 Å². The van der Waals surface area contributed by atoms with Crippen molar-refractivity contribution in [3.63, 3.8) is 0 Å². The summed E-state index contributed by atoms with van der Waals surface area (Å²) in [5.41, 5.74) is 3.07. The molecule has 1 aromatic heterocycles. The van der Waals surface area contributed by atoms with E-state index in [9.17, 15) is 0 Å². The zero-order chi connectivity index (χ0) is 10.1. The average Bonchev–Trinajstić information content (AvgIpc) is 2.59. The SMILES string of the molecule is CC=C(C)c1nc2ccc(Cl)cc2[nH]1. The van der Waals surface area contributed by atoms with Crippen LogP contribution in [0.15, 0.2) is 24.3 Å². The van der Waals surface area contributed by atoms with Crippen molar-refractivity contribution < 1.29 is 0 Å². The molecule has 0 fully saturated rings. The maximum atomic E-state index is 5.88. The molecule has 1 aromatic carbocycles. The summed E-state index contributed by atoms with van der Waals surface area (Å²) >= 11 is 5.88. The lowest BCUT2D eigenvalue weighted by Crippen LogP contribution is -1.80. The number of hydrogen-bond acceptors (Lipinski definition) is 1. The molecule has 72 valence electrons. The maximum absolute atomic E-state index is 5.88. The first-order valence-electron chi connectivity index (χ1n) is 4.49. The summed E-state index contributed by atoms with van der Waals surface area (Å²) in [6.07, 6.45) is 2.03. The Labute approximate surface area is 87.6 Å². The van der Waals surface area contributed by atoms with Gasteiger partial charge in [0.15, 0.2) is 0 Å². The number of halogens is 1. The van der Waals surface area contributed by atoms with E-state index >= 15 is 0 Å². The van der Waals surface area contributed by atoms with E-state index in [1.165, 1.54) is 0 Å². The molecule has 0 spiro atoms. The smallest absolute Gasteiger partial charge is 0.133 e. The van der Waals surface area contributed by atoms with Crippen LogP contribution in [-0.2, 0) is 0 Å². The van der Waals surface area contributed by atoms with Crippen molar-refractivity contribution in [2.45, 2.75) is 13.8 Å². The van der Waals surface area contributed by atoms with Crippen molar-refractivity contribution in [1.82, 2.24) is 9.97 Å². The Morgan fingerprint density at radius 2 is 2.29 bits per heavy atom. The summed E-state index contributed by atoms with van der Waals surface area (Å²) in [6, 6.07) is 5.65. The van der Waals surface area contributed by atoms with Crippen LogP contribution in [0.5, 0.6) is 0 Å². The first-order valence-corrected chi connectivity index (χ1v) is 4.87. The fourth-order valence-corrected chi connectivity index (χ4v) is 1.48. The van der Waals surface area contributed by atoms with E-state index < -0.39 is 0 Å². The highest BCUT2D eigenvalue weighted by atomic mass is 35.5. The van der Waals surface area contributed by atoms with Gasteiger partial charge in [0.2, 0.25) is 0 Å². The third-order valence-electron chi connectivity index (χ3n) is 2.25. The zero-order valence-electron chi connectivity index (χ0n) is 8.13. The Balaban J connectivity index is 2.62. The van der Waals surface area contributed by atoms with Gasteiger partial charge in [-0.1, -0.05) is 17.7 Å². The normalized spacial score (nSPS) is 12.4. The molecule has 0 aliphatic carbocycles. The van der Waals surface area contributed by atoms with Gasteiger partial charge in [0.1, 0.15) is 5.82 Å². The summed E-state index contributed by atoms with van der Waals surface area (Å²) in [7, 11) is 0. The fourth-order valence-electron chi connectivity index (χ4n) is 1.31. The largest absolute Gasteiger partial charge is 0.338 e. The predicted molar refractivity (Wildman–Crippen MR) is 60.4 cm³/mol. The van der Waals surface area contributed by atoms with E-state index in [1.54, 1.807) is 0 Å². The highest BCUT2D eigenvalue weighted by molar-refractivity contribution is 6.31. The average molecular weight is 207 g/mol. The molecule has 1 N–H and O–H groups in total. The Bertz CT molecular complexity index is 497. The molecule has 0 radical (unpaired) electrons. The van der Waals surface area contributed by atoms with Gasteiger partial charge in [-0.3, -0.25) is 0 Å². The fraction of sp³-hybridized carbons (Fsp3) is 0.182. The van der Waals surface area contributed by atoms with Crippen LogP contribution < -0.4 is 0 Å². The molecule has 0 amide bonds. The van der Waals surface area contributed by atoms with Gasteiger partial charge >= 0.3 is 0 Å². The molecule has 0 bridgehead atoms. The van der Waals surface area contributed by atoms with Crippen LogP contribution in [0.2, 0.25) is 5.02 Å². The summed E-state index contributed by atoms with van der Waals surface area (Å²) < 4.78 is 0. The van der Waals surface area contributed by atoms with E-state index in [4.69, 9.17) is 11.6 Å². The van der Waals surface area contributed by atoms with Gasteiger partial charge in [-0.2, -0.15) is 0 Å². The number of fused-ring (bicyclic) bond motifs is 1. The second-order valence-corrected chi connectivity index (χ2v) is 3.66. The third-order valence-corrected chi connectivity index (χ3v) is 2.49. The molecule has 0 aliphatic rings. The molecule has 1 heterocycles. The van der Waals surface area contributed by atoms with Crippen LogP contribution in [-0.4, -0.2) is 9.97 Å². The molecule has 3 heteroatoms. The van der Waals surface area contributed by atoms with Crippen LogP contribution >= 0.6 is 11.6 Å². The minimum Gasteiger partial charge on any atom is -0.338 e. The number of allylic oxidation sites excluding steroid dienone is 2. The van der Waals surface area contributed by atoms with Gasteiger partial charge < -0.3 is 4.98 Å². The van der Waals surface area contributed by atoms with E-state index in [1.807, 2.05) is 38.1 Å². The molecule has 0 saturated carbocycles. The predicted octanol–water partition coefficient (Wildman–Crippen LogP) is 3.64. The summed E-state index contributed by atoms with van der Waals surface area (Å²) in [6.45, 7) is 4.02. The number of aromatic nitrogens is 2. The lowest BCUT2D eigenvalue weighted by molar-refractivity contribution is 1.25. The number of aromatic amines is 1. The summed E-state index contributed by atoms with van der Waals surface area (Å²) in [5, 5.41) is 0.728. The topological polar surface area (TPSA) is 28.7 Å². The monoisotopic (exact) mass is 206 g/mol. The van der Waals surface area contributed by atoms with Crippen LogP contribution in [0.1, 0.15) is 19.7 Å². The second-order valence-electron chi connectivity index (χ2n) is 3.22. The van der Waals surface area contributed by atoms with Gasteiger partial charge in [0.25, 0.3) is 0 Å². The van der Waals surface area contributed by atoms with Gasteiger partial charge in [0.05, 0.1) is 11.0 Å². The molecule has 0 aliphatic heterocycles. The van der Waals surface area contributed by atoms with E-state index in [0.29, 0.717) is 0 Å². The highest BCUT2D eigenvalue weighted by Crippen LogP contribution is 2.19. The lowest BCUT2D eigenvalue weighted by atomic mass is 10.3. The Morgan fingerprint density at radius 1 is 1.50 bits per heavy atom. The van der Waals surface area contributed by atoms with E-state index in [-0.39, 0.29) is 0 Å². The number of hydrogen-bond donors (Lipinski definition) is 1. The minimum absolute atomic E-state index is 0.728. The van der Waals surface area contributed by atoms with Gasteiger partial charge in [-0.25, -0.2) is 4.98 Å². The number of nitrogens with one attached hydrogen (secondary N) is 1. The Morgan fingerprint density at radius 3 is 3.00 bits per heavy atom. The molecule has 2 nitrogen and oxygen atoms in total. The molecular formula is C11H11ClN2. The van der Waals surface area contributed by atoms with Crippen LogP contribution in [0.25, 0.3) is 16.6 Å². The maximum Gasteiger partial charge on any atom is 0.133 e. The van der Waals surface area contributed by atoms with Crippen LogP contribution in [0, 0.1) is 0 Å². The lowest BCUT2D eigenvalue weighted by Gasteiger charge is -1.90. The summed E-state index contributed by atoms with van der Waals surface area (Å²) in [4.78, 5) is 7.67. The zero-order valence-corrected chi connectivity index (χ0v) is 8.89. The molecule has 2 rings (SSSR count). The number of benzene rings is 1. The Kier molecular flexibility index (Phi) is 2.30. The van der Waals surface area contributed by atoms with Crippen molar-refractivity contribution in [2.75, 3.05) is 0 Å². The standard InChI is InChI=1S/C11H11ClN2/c1-3-7(2)11-13-9-5-4-8(12)6-10(9)14-11/h3-6H,1-2H3,(H,13,14). The quantitative estimate of drug-likeness (QED) is 0.758. The Hall–Kier alpha value is -1.28. The highest BCUT2D eigenvalue weighted by Gasteiger charge is 2.03. The minimum atomic E-state index is 0.728. The first kappa shape index (κ1) is 9.28. The van der Waals surface area contributed by atoms with Crippen molar-refractivity contribution in [1.29, 1.82) is 0 Å². The van der Waals surface area contributed by atoms with Crippen molar-refractivity contribution in [3.05, 3.63) is 35.1 Å². The number of imidazole rings is 1. The second kappa shape index (κ2) is 3.46. The van der Waals surface area contributed by atoms with Gasteiger partial charge in [0, 0.05) is 5.02 Å². The number of nitrogens with zero attached hydrogens (tertiary/aromatic N) is 1. The van der Waals surface area contributed by atoms with E-state index in [2.05, 4.69) is 9.97 Å². The third kappa shape index (κ3) is 1.53. The molecule has 0 saturated heterocycles. The van der Waals surface area contributed by atoms with Gasteiger partial charge in [-0.15, -0.1) is 0 Å². The molecule has 0 unspecified atom stereocenters. The van der Waals surface area contributed by atoms with Crippen molar-refractivity contribution in [3.8, 4) is 0 Å². The molecule has 2 aromatic rings. The number of rotatable bonds is 1. The first-order chi connectivity index (χ1) is 6.70. The molecule has 14 heavy (non-hydrogen) atoms. The van der Waals surface area contributed by atoms with Gasteiger partial charge in [-0.05, 0) is 37.6 Å². The van der Waals surface area contributed by atoms with E-state index in [0.717, 1.165) is 27.5 Å². The summed E-state index contributed by atoms with van der Waals surface area (Å²) in [5.74, 6) is 0.907. The number of H-pyrrole nitrogens is 1. The van der Waals surface area contributed by atoms with Crippen LogP contribution in [0.4, 0.5) is 0 Å². The van der Waals surface area contributed by atoms with Crippen molar-refractivity contribution >= 4 is 28.2 Å². The molecular weight excluding hydrogens is 196 g/mol. The van der Waals surface area contributed by atoms with Crippen LogP contribution in [0.3, 0.4) is 0 Å².